The van der Waals surface area contributed by atoms with Crippen LogP contribution in [0.1, 0.15) is 11.3 Å². The summed E-state index contributed by atoms with van der Waals surface area (Å²) in [6, 6.07) is 10.0. The first-order valence-electron chi connectivity index (χ1n) is 10.4. The van der Waals surface area contributed by atoms with Crippen LogP contribution in [-0.4, -0.2) is 19.7 Å². The number of nitriles is 1. The summed E-state index contributed by atoms with van der Waals surface area (Å²) in [5, 5.41) is 9.91. The smallest absolute Gasteiger partial charge is 0.406 e. The number of aromatic nitrogens is 1. The number of hydrogen-bond acceptors (Lipinski definition) is 4. The number of alkyl halides is 5. The Morgan fingerprint density at radius 3 is 1.94 bits per heavy atom. The Morgan fingerprint density at radius 1 is 0.861 bits per heavy atom. The molecule has 0 spiro atoms. The molecule has 190 valence electrons. The van der Waals surface area contributed by atoms with Crippen molar-refractivity contribution in [3.05, 3.63) is 83.7 Å². The molecule has 0 amide bonds. The van der Waals surface area contributed by atoms with E-state index in [0.717, 1.165) is 36.5 Å². The first kappa shape index (κ1) is 27.2. The third-order valence-electron chi connectivity index (χ3n) is 4.88. The predicted octanol–water partition coefficient (Wildman–Crippen LogP) is 7.29. The molecule has 36 heavy (non-hydrogen) atoms. The van der Waals surface area contributed by atoms with Gasteiger partial charge in [-0.25, -0.2) is 8.78 Å². The number of pyridine rings is 1. The van der Waals surface area contributed by atoms with Gasteiger partial charge in [-0.15, -0.1) is 13.2 Å². The third-order valence-corrected chi connectivity index (χ3v) is 5.79. The van der Waals surface area contributed by atoms with Crippen molar-refractivity contribution in [2.45, 2.75) is 37.5 Å². The highest BCUT2D eigenvalue weighted by Gasteiger charge is 2.61. The lowest BCUT2D eigenvalue weighted by Crippen LogP contribution is -2.51. The maximum Gasteiger partial charge on any atom is 0.573 e. The molecule has 1 heterocycles. The van der Waals surface area contributed by atoms with Crippen LogP contribution in [-0.2, 0) is 15.9 Å². The Labute approximate surface area is 203 Å². The molecule has 0 aliphatic rings. The van der Waals surface area contributed by atoms with Gasteiger partial charge in [0.2, 0.25) is 5.60 Å². The van der Waals surface area contributed by atoms with Crippen molar-refractivity contribution in [3.8, 4) is 22.9 Å². The fourth-order valence-corrected chi connectivity index (χ4v) is 4.66. The third kappa shape index (κ3) is 5.68. The van der Waals surface area contributed by atoms with Gasteiger partial charge in [0.05, 0.1) is 0 Å². The number of halogens is 7. The molecule has 3 rings (SSSR count). The van der Waals surface area contributed by atoms with Gasteiger partial charge in [0, 0.05) is 23.4 Å². The summed E-state index contributed by atoms with van der Waals surface area (Å²) in [7, 11) is -2.94. The molecular weight excluding hydrogens is 509 g/mol. The average molecular weight is 529 g/mol. The van der Waals surface area contributed by atoms with Crippen LogP contribution in [0.25, 0.3) is 11.1 Å². The van der Waals surface area contributed by atoms with Crippen LogP contribution < -0.4 is 4.74 Å². The van der Waals surface area contributed by atoms with E-state index in [0.29, 0.717) is 11.6 Å². The summed E-state index contributed by atoms with van der Waals surface area (Å²) < 4.78 is 106. The Morgan fingerprint density at radius 2 is 1.47 bits per heavy atom. The zero-order chi connectivity index (χ0) is 26.9. The maximum atomic E-state index is 15.9. The van der Waals surface area contributed by atoms with Crippen LogP contribution in [0.15, 0.2) is 60.8 Å². The monoisotopic (exact) mass is 528 g/mol. The summed E-state index contributed by atoms with van der Waals surface area (Å²) >= 11 is 0. The van der Waals surface area contributed by atoms with E-state index in [1.54, 1.807) is 0 Å². The number of hydrogen-bond donors (Lipinski definition) is 0. The standard InChI is InChI=1S/C24H19F7N2O2Si/c1-36(2,3)35-22(14-32,19-10-7-17(25)12-20(19)26)23(27,28)21-11-6-16(13-33-21)15-4-8-18(9-5-15)34-24(29,30)31/h4-13H,1-3H3/t22-/m1/s1. The van der Waals surface area contributed by atoms with E-state index in [-0.39, 0.29) is 5.56 Å². The molecule has 1 atom stereocenters. The van der Waals surface area contributed by atoms with Gasteiger partial charge in [-0.1, -0.05) is 18.2 Å². The van der Waals surface area contributed by atoms with Gasteiger partial charge in [0.25, 0.3) is 0 Å². The van der Waals surface area contributed by atoms with E-state index in [1.807, 2.05) is 0 Å². The molecule has 0 aliphatic heterocycles. The molecule has 0 saturated carbocycles. The molecule has 0 fully saturated rings. The summed E-state index contributed by atoms with van der Waals surface area (Å²) in [6.07, 6.45) is -3.84. The second-order valence-electron chi connectivity index (χ2n) is 8.71. The second kappa shape index (κ2) is 9.55. The van der Waals surface area contributed by atoms with Gasteiger partial charge in [-0.05, 0) is 55.5 Å². The normalized spacial score (nSPS) is 14.1. The minimum Gasteiger partial charge on any atom is -0.406 e. The minimum atomic E-state index is -4.87. The zero-order valence-electron chi connectivity index (χ0n) is 19.1. The lowest BCUT2D eigenvalue weighted by Gasteiger charge is -2.39. The maximum absolute atomic E-state index is 15.9. The molecule has 0 unspecified atom stereocenters. The van der Waals surface area contributed by atoms with Gasteiger partial charge in [-0.2, -0.15) is 14.0 Å². The molecule has 0 radical (unpaired) electrons. The van der Waals surface area contributed by atoms with Crippen molar-refractivity contribution < 1.29 is 39.9 Å². The molecule has 2 aromatic carbocycles. The zero-order valence-corrected chi connectivity index (χ0v) is 20.1. The first-order valence-corrected chi connectivity index (χ1v) is 13.8. The summed E-state index contributed by atoms with van der Waals surface area (Å²) in [5.41, 5.74) is -4.30. The molecule has 0 bridgehead atoms. The van der Waals surface area contributed by atoms with Crippen LogP contribution in [0.2, 0.25) is 19.6 Å². The Bertz CT molecular complexity index is 1270. The highest BCUT2D eigenvalue weighted by molar-refractivity contribution is 6.69. The number of nitrogens with zero attached hydrogens (tertiary/aromatic N) is 2. The van der Waals surface area contributed by atoms with Gasteiger partial charge in [0.15, 0.2) is 8.32 Å². The molecule has 1 aromatic heterocycles. The fraction of sp³-hybridized carbons (Fsp3) is 0.250. The van der Waals surface area contributed by atoms with Gasteiger partial charge >= 0.3 is 12.3 Å². The summed E-state index contributed by atoms with van der Waals surface area (Å²) in [5.74, 6) is -7.06. The van der Waals surface area contributed by atoms with E-state index < -0.39 is 54.8 Å². The van der Waals surface area contributed by atoms with Crippen molar-refractivity contribution in [1.29, 1.82) is 5.26 Å². The molecule has 12 heteroatoms. The Kier molecular flexibility index (Phi) is 7.21. The second-order valence-corrected chi connectivity index (χ2v) is 13.1. The molecule has 0 N–H and O–H groups in total. The minimum absolute atomic E-state index is 0.273. The lowest BCUT2D eigenvalue weighted by molar-refractivity contribution is -0.274. The van der Waals surface area contributed by atoms with Gasteiger partial charge in [0.1, 0.15) is 29.1 Å². The molecular formula is C24H19F7N2O2Si. The van der Waals surface area contributed by atoms with Crippen molar-refractivity contribution >= 4 is 8.32 Å². The van der Waals surface area contributed by atoms with Crippen LogP contribution in [0.5, 0.6) is 5.75 Å². The molecule has 0 saturated heterocycles. The van der Waals surface area contributed by atoms with E-state index >= 15 is 8.78 Å². The quantitative estimate of drug-likeness (QED) is 0.239. The Hall–Kier alpha value is -3.43. The molecule has 0 aliphatic carbocycles. The van der Waals surface area contributed by atoms with Crippen molar-refractivity contribution in [2.75, 3.05) is 0 Å². The van der Waals surface area contributed by atoms with Crippen LogP contribution in [0.3, 0.4) is 0 Å². The van der Waals surface area contributed by atoms with E-state index in [2.05, 4.69) is 9.72 Å². The highest BCUT2D eigenvalue weighted by Crippen LogP contribution is 2.49. The van der Waals surface area contributed by atoms with Crippen LogP contribution in [0, 0.1) is 23.0 Å². The SMILES string of the molecule is C[Si](C)(C)O[C@](C#N)(c1ccc(F)cc1F)C(F)(F)c1ccc(-c2ccc(OC(F)(F)F)cc2)cn1. The molecule has 3 aromatic rings. The topological polar surface area (TPSA) is 55.1 Å². The van der Waals surface area contributed by atoms with Crippen molar-refractivity contribution in [2.24, 2.45) is 0 Å². The molecule has 4 nitrogen and oxygen atoms in total. The van der Waals surface area contributed by atoms with Crippen molar-refractivity contribution in [1.82, 2.24) is 4.98 Å². The van der Waals surface area contributed by atoms with Crippen LogP contribution >= 0.6 is 0 Å². The van der Waals surface area contributed by atoms with E-state index in [4.69, 9.17) is 4.43 Å². The van der Waals surface area contributed by atoms with E-state index in [1.165, 1.54) is 43.9 Å². The Balaban J connectivity index is 2.04. The number of rotatable bonds is 7. The lowest BCUT2D eigenvalue weighted by atomic mass is 9.86. The van der Waals surface area contributed by atoms with Gasteiger partial charge < -0.3 is 9.16 Å². The van der Waals surface area contributed by atoms with Gasteiger partial charge in [-0.3, -0.25) is 4.98 Å². The largest absolute Gasteiger partial charge is 0.573 e. The summed E-state index contributed by atoms with van der Waals surface area (Å²) in [6.45, 7) is 4.58. The highest BCUT2D eigenvalue weighted by atomic mass is 28.4. The number of ether oxygens (including phenoxy) is 1. The first-order chi connectivity index (χ1) is 16.6. The predicted molar refractivity (Wildman–Crippen MR) is 118 cm³/mol. The number of benzene rings is 2. The fourth-order valence-electron chi connectivity index (χ4n) is 3.46. The van der Waals surface area contributed by atoms with E-state index in [9.17, 15) is 27.2 Å². The average Bonchev–Trinajstić information content (AvgIpc) is 2.76. The van der Waals surface area contributed by atoms with Crippen LogP contribution in [0.4, 0.5) is 30.7 Å². The summed E-state index contributed by atoms with van der Waals surface area (Å²) in [4.78, 5) is 3.75. The van der Waals surface area contributed by atoms with Crippen molar-refractivity contribution in [3.63, 3.8) is 0 Å².